The molecule has 112 valence electrons. The van der Waals surface area contributed by atoms with Gasteiger partial charge in [-0.1, -0.05) is 6.92 Å². The number of nitrogens with zero attached hydrogens (tertiary/aromatic N) is 1. The number of rotatable bonds is 6. The first-order chi connectivity index (χ1) is 9.72. The molecule has 1 saturated heterocycles. The topological polar surface area (TPSA) is 24.5 Å². The molecule has 0 amide bonds. The zero-order valence-electron chi connectivity index (χ0n) is 12.5. The summed E-state index contributed by atoms with van der Waals surface area (Å²) < 4.78 is 19.0. The number of hydrogen-bond acceptors (Lipinski definition) is 3. The summed E-state index contributed by atoms with van der Waals surface area (Å²) in [6.07, 6.45) is 2.34. The predicted molar refractivity (Wildman–Crippen MR) is 80.6 cm³/mol. The van der Waals surface area contributed by atoms with Crippen LogP contribution in [0.1, 0.15) is 25.3 Å². The summed E-state index contributed by atoms with van der Waals surface area (Å²) in [4.78, 5) is 2.28. The molecule has 1 N–H and O–H groups in total. The Balaban J connectivity index is 2.08. The number of nitrogens with one attached hydrogen (secondary N) is 1. The number of piperidine rings is 1. The molecule has 3 nitrogen and oxygen atoms in total. The number of ether oxygens (including phenoxy) is 1. The summed E-state index contributed by atoms with van der Waals surface area (Å²) in [5.41, 5.74) is 2.01. The number of halogens is 1. The second-order valence-electron chi connectivity index (χ2n) is 5.51. The molecule has 0 spiro atoms. The Morgan fingerprint density at radius 2 is 2.25 bits per heavy atom. The van der Waals surface area contributed by atoms with E-state index in [-0.39, 0.29) is 5.82 Å². The zero-order valence-corrected chi connectivity index (χ0v) is 12.5. The Bertz CT molecular complexity index is 423. The Labute approximate surface area is 121 Å². The quantitative estimate of drug-likeness (QED) is 0.867. The van der Waals surface area contributed by atoms with Crippen LogP contribution >= 0.6 is 0 Å². The number of hydrogen-bond donors (Lipinski definition) is 1. The van der Waals surface area contributed by atoms with Crippen LogP contribution in [0.15, 0.2) is 18.2 Å². The van der Waals surface area contributed by atoms with E-state index in [1.54, 1.807) is 19.2 Å². The molecule has 1 aromatic carbocycles. The Hall–Kier alpha value is -1.13. The number of benzene rings is 1. The molecule has 2 rings (SSSR count). The van der Waals surface area contributed by atoms with Gasteiger partial charge in [-0.05, 0) is 49.1 Å². The lowest BCUT2D eigenvalue weighted by molar-refractivity contribution is 0.143. The van der Waals surface area contributed by atoms with Gasteiger partial charge in [0.05, 0.1) is 6.61 Å². The van der Waals surface area contributed by atoms with E-state index in [9.17, 15) is 4.39 Å². The maximum absolute atomic E-state index is 13.8. The molecule has 1 fully saturated rings. The molecule has 1 aliphatic heterocycles. The van der Waals surface area contributed by atoms with Gasteiger partial charge in [0.1, 0.15) is 5.82 Å². The molecule has 1 unspecified atom stereocenters. The number of methoxy groups -OCH3 is 1. The van der Waals surface area contributed by atoms with Gasteiger partial charge >= 0.3 is 0 Å². The van der Waals surface area contributed by atoms with Crippen molar-refractivity contribution in [2.45, 2.75) is 26.3 Å². The largest absolute Gasteiger partial charge is 0.384 e. The summed E-state index contributed by atoms with van der Waals surface area (Å²) in [6, 6.07) is 5.36. The smallest absolute Gasteiger partial charge is 0.125 e. The van der Waals surface area contributed by atoms with E-state index >= 15 is 0 Å². The molecular weight excluding hydrogens is 255 g/mol. The van der Waals surface area contributed by atoms with Gasteiger partial charge in [-0.2, -0.15) is 0 Å². The fourth-order valence-corrected chi connectivity index (χ4v) is 2.86. The molecule has 1 aliphatic rings. The standard InChI is InChI=1S/C16H25FN2O/c1-3-18-10-14-7-15(17)9-16(8-14)19-6-4-5-13(11-19)12-20-2/h7-9,13,18H,3-6,10-12H2,1-2H3. The summed E-state index contributed by atoms with van der Waals surface area (Å²) in [6.45, 7) is 6.42. The van der Waals surface area contributed by atoms with Crippen LogP contribution in [0.3, 0.4) is 0 Å². The highest BCUT2D eigenvalue weighted by molar-refractivity contribution is 5.49. The zero-order chi connectivity index (χ0) is 14.4. The lowest BCUT2D eigenvalue weighted by Crippen LogP contribution is -2.37. The summed E-state index contributed by atoms with van der Waals surface area (Å²) in [7, 11) is 1.75. The van der Waals surface area contributed by atoms with Crippen molar-refractivity contribution in [2.75, 3.05) is 38.3 Å². The SMILES string of the molecule is CCNCc1cc(F)cc(N2CCCC(COC)C2)c1. The van der Waals surface area contributed by atoms with Gasteiger partial charge in [0.25, 0.3) is 0 Å². The highest BCUT2D eigenvalue weighted by atomic mass is 19.1. The van der Waals surface area contributed by atoms with Crippen molar-refractivity contribution < 1.29 is 9.13 Å². The van der Waals surface area contributed by atoms with Gasteiger partial charge in [-0.15, -0.1) is 0 Å². The van der Waals surface area contributed by atoms with E-state index in [1.165, 1.54) is 6.42 Å². The minimum atomic E-state index is -0.149. The normalized spacial score (nSPS) is 19.4. The molecular formula is C16H25FN2O. The van der Waals surface area contributed by atoms with Crippen LogP contribution in [0.5, 0.6) is 0 Å². The van der Waals surface area contributed by atoms with Crippen LogP contribution < -0.4 is 10.2 Å². The van der Waals surface area contributed by atoms with Gasteiger partial charge in [0.2, 0.25) is 0 Å². The van der Waals surface area contributed by atoms with Crippen LogP contribution in [0.2, 0.25) is 0 Å². The summed E-state index contributed by atoms with van der Waals surface area (Å²) >= 11 is 0. The van der Waals surface area contributed by atoms with Gasteiger partial charge in [0.15, 0.2) is 0 Å². The molecule has 0 bridgehead atoms. The molecule has 0 aromatic heterocycles. The van der Waals surface area contributed by atoms with Crippen LogP contribution in [0.4, 0.5) is 10.1 Å². The second kappa shape index (κ2) is 7.60. The molecule has 1 heterocycles. The van der Waals surface area contributed by atoms with E-state index in [1.807, 2.05) is 0 Å². The van der Waals surface area contributed by atoms with E-state index in [2.05, 4.69) is 23.2 Å². The maximum Gasteiger partial charge on any atom is 0.125 e. The second-order valence-corrected chi connectivity index (χ2v) is 5.51. The molecule has 0 saturated carbocycles. The van der Waals surface area contributed by atoms with Crippen LogP contribution in [0.25, 0.3) is 0 Å². The highest BCUT2D eigenvalue weighted by Crippen LogP contribution is 2.25. The summed E-state index contributed by atoms with van der Waals surface area (Å²) in [5, 5.41) is 3.25. The lowest BCUT2D eigenvalue weighted by Gasteiger charge is -2.34. The van der Waals surface area contributed by atoms with Crippen molar-refractivity contribution in [1.82, 2.24) is 5.32 Å². The average molecular weight is 280 g/mol. The Morgan fingerprint density at radius 3 is 3.00 bits per heavy atom. The minimum absolute atomic E-state index is 0.149. The van der Waals surface area contributed by atoms with Crippen LogP contribution in [-0.2, 0) is 11.3 Å². The van der Waals surface area contributed by atoms with Crippen molar-refractivity contribution in [3.8, 4) is 0 Å². The van der Waals surface area contributed by atoms with Crippen LogP contribution in [0, 0.1) is 11.7 Å². The third kappa shape index (κ3) is 4.18. The lowest BCUT2D eigenvalue weighted by atomic mass is 9.98. The van der Waals surface area contributed by atoms with E-state index in [0.717, 1.165) is 50.5 Å². The molecule has 1 atom stereocenters. The first kappa shape index (κ1) is 15.3. The van der Waals surface area contributed by atoms with Crippen molar-refractivity contribution in [1.29, 1.82) is 0 Å². The van der Waals surface area contributed by atoms with E-state index in [4.69, 9.17) is 4.74 Å². The molecule has 4 heteroatoms. The molecule has 1 aromatic rings. The third-order valence-electron chi connectivity index (χ3n) is 3.81. The third-order valence-corrected chi connectivity index (χ3v) is 3.81. The first-order valence-electron chi connectivity index (χ1n) is 7.47. The van der Waals surface area contributed by atoms with Crippen molar-refractivity contribution in [2.24, 2.45) is 5.92 Å². The predicted octanol–water partition coefficient (Wildman–Crippen LogP) is 2.80. The van der Waals surface area contributed by atoms with Gasteiger partial charge in [-0.25, -0.2) is 4.39 Å². The fourth-order valence-electron chi connectivity index (χ4n) is 2.86. The average Bonchev–Trinajstić information content (AvgIpc) is 2.45. The number of anilines is 1. The molecule has 0 radical (unpaired) electrons. The Kier molecular flexibility index (Phi) is 5.80. The van der Waals surface area contributed by atoms with E-state index < -0.39 is 0 Å². The van der Waals surface area contributed by atoms with Crippen molar-refractivity contribution in [3.63, 3.8) is 0 Å². The Morgan fingerprint density at radius 1 is 1.40 bits per heavy atom. The van der Waals surface area contributed by atoms with Crippen molar-refractivity contribution >= 4 is 5.69 Å². The van der Waals surface area contributed by atoms with Gasteiger partial charge < -0.3 is 15.0 Å². The highest BCUT2D eigenvalue weighted by Gasteiger charge is 2.20. The van der Waals surface area contributed by atoms with E-state index in [0.29, 0.717) is 5.92 Å². The van der Waals surface area contributed by atoms with Gasteiger partial charge in [-0.3, -0.25) is 0 Å². The molecule has 0 aliphatic carbocycles. The van der Waals surface area contributed by atoms with Crippen LogP contribution in [-0.4, -0.2) is 33.4 Å². The fraction of sp³-hybridized carbons (Fsp3) is 0.625. The van der Waals surface area contributed by atoms with Crippen molar-refractivity contribution in [3.05, 3.63) is 29.6 Å². The van der Waals surface area contributed by atoms with Gasteiger partial charge in [0, 0.05) is 32.4 Å². The maximum atomic E-state index is 13.8. The molecule has 20 heavy (non-hydrogen) atoms. The summed E-state index contributed by atoms with van der Waals surface area (Å²) in [5.74, 6) is 0.401. The first-order valence-corrected chi connectivity index (χ1v) is 7.47. The monoisotopic (exact) mass is 280 g/mol. The minimum Gasteiger partial charge on any atom is -0.384 e.